The van der Waals surface area contributed by atoms with Crippen LogP contribution in [0.4, 0.5) is 0 Å². The van der Waals surface area contributed by atoms with Crippen LogP contribution in [0.2, 0.25) is 0 Å². The molecule has 0 aromatic heterocycles. The van der Waals surface area contributed by atoms with Gasteiger partial charge in [0.2, 0.25) is 0 Å². The molecule has 4 heteroatoms. The van der Waals surface area contributed by atoms with E-state index >= 15 is 0 Å². The van der Waals surface area contributed by atoms with Crippen LogP contribution in [0.15, 0.2) is 35.4 Å². The zero-order chi connectivity index (χ0) is 12.0. The number of nitrogens with one attached hydrogen (secondary N) is 1. The molecule has 16 heavy (non-hydrogen) atoms. The summed E-state index contributed by atoms with van der Waals surface area (Å²) in [6.45, 7) is 3.93. The van der Waals surface area contributed by atoms with Crippen LogP contribution in [0.5, 0.6) is 0 Å². The maximum atomic E-state index is 5.26. The fourth-order valence-corrected chi connectivity index (χ4v) is 1.22. The predicted octanol–water partition coefficient (Wildman–Crippen LogP) is 2.22. The zero-order valence-corrected chi connectivity index (χ0v) is 10.2. The molecule has 0 fully saturated rings. The Morgan fingerprint density at radius 1 is 1.50 bits per heavy atom. The maximum Gasteiger partial charge on any atom is 0.184 e. The molecule has 0 radical (unpaired) electrons. The molecule has 0 bridgehead atoms. The van der Waals surface area contributed by atoms with Crippen molar-refractivity contribution in [2.24, 2.45) is 10.8 Å². The molecule has 0 spiro atoms. The van der Waals surface area contributed by atoms with Gasteiger partial charge in [0.05, 0.1) is 5.71 Å². The maximum absolute atomic E-state index is 5.26. The van der Waals surface area contributed by atoms with Gasteiger partial charge in [-0.3, -0.25) is 5.43 Å². The first kappa shape index (κ1) is 12.4. The Morgan fingerprint density at radius 3 is 2.88 bits per heavy atom. The zero-order valence-electron chi connectivity index (χ0n) is 9.40. The third kappa shape index (κ3) is 4.70. The van der Waals surface area contributed by atoms with Gasteiger partial charge in [0.25, 0.3) is 0 Å². The van der Waals surface area contributed by atoms with Gasteiger partial charge in [-0.1, -0.05) is 35.9 Å². The van der Waals surface area contributed by atoms with E-state index in [2.05, 4.69) is 41.8 Å². The van der Waals surface area contributed by atoms with Gasteiger partial charge in [-0.25, -0.2) is 0 Å². The summed E-state index contributed by atoms with van der Waals surface area (Å²) in [5.41, 5.74) is 11.0. The minimum atomic E-state index is 0.170. The van der Waals surface area contributed by atoms with Crippen LogP contribution in [-0.2, 0) is 0 Å². The molecular formula is C12H15N3S. The lowest BCUT2D eigenvalue weighted by atomic mass is 10.1. The van der Waals surface area contributed by atoms with Crippen LogP contribution in [0.25, 0.3) is 6.08 Å². The summed E-state index contributed by atoms with van der Waals surface area (Å²) < 4.78 is 0. The Morgan fingerprint density at radius 2 is 2.25 bits per heavy atom. The van der Waals surface area contributed by atoms with Crippen LogP contribution in [-0.4, -0.2) is 10.8 Å². The molecule has 0 atom stereocenters. The molecule has 1 aromatic carbocycles. The van der Waals surface area contributed by atoms with Crippen molar-refractivity contribution >= 4 is 29.1 Å². The van der Waals surface area contributed by atoms with E-state index in [1.54, 1.807) is 0 Å². The Kier molecular flexibility index (Phi) is 4.66. The van der Waals surface area contributed by atoms with Crippen LogP contribution >= 0.6 is 12.2 Å². The van der Waals surface area contributed by atoms with Gasteiger partial charge >= 0.3 is 0 Å². The number of hydrogen-bond acceptors (Lipinski definition) is 2. The lowest BCUT2D eigenvalue weighted by Crippen LogP contribution is -2.24. The van der Waals surface area contributed by atoms with E-state index in [1.807, 2.05) is 31.2 Å². The molecular weight excluding hydrogens is 218 g/mol. The number of rotatable bonds is 3. The van der Waals surface area contributed by atoms with Crippen molar-refractivity contribution in [1.82, 2.24) is 5.43 Å². The second-order valence-corrected chi connectivity index (χ2v) is 3.92. The van der Waals surface area contributed by atoms with Gasteiger partial charge in [-0.15, -0.1) is 0 Å². The Labute approximate surface area is 101 Å². The molecule has 0 heterocycles. The predicted molar refractivity (Wildman–Crippen MR) is 73.2 cm³/mol. The molecule has 1 aromatic rings. The average Bonchev–Trinajstić information content (AvgIpc) is 2.23. The topological polar surface area (TPSA) is 50.4 Å². The van der Waals surface area contributed by atoms with Crippen LogP contribution in [0.1, 0.15) is 18.1 Å². The van der Waals surface area contributed by atoms with Gasteiger partial charge in [0, 0.05) is 0 Å². The standard InChI is InChI=1S/C12H15N3S/c1-9-4-3-5-11(8-9)7-6-10(2)14-15-12(13)16/h3-8H,1-2H3,(H3,13,15,16). The third-order valence-corrected chi connectivity index (χ3v) is 1.99. The summed E-state index contributed by atoms with van der Waals surface area (Å²) in [4.78, 5) is 0. The largest absolute Gasteiger partial charge is 0.375 e. The van der Waals surface area contributed by atoms with E-state index in [4.69, 9.17) is 5.73 Å². The first-order valence-electron chi connectivity index (χ1n) is 4.92. The monoisotopic (exact) mass is 233 g/mol. The number of thiocarbonyl (C=S) groups is 1. The molecule has 84 valence electrons. The minimum absolute atomic E-state index is 0.170. The first-order chi connectivity index (χ1) is 7.58. The molecule has 0 amide bonds. The highest BCUT2D eigenvalue weighted by atomic mass is 32.1. The quantitative estimate of drug-likeness (QED) is 0.478. The number of hydrogen-bond donors (Lipinski definition) is 2. The average molecular weight is 233 g/mol. The summed E-state index contributed by atoms with van der Waals surface area (Å²) in [7, 11) is 0. The summed E-state index contributed by atoms with van der Waals surface area (Å²) in [5.74, 6) is 0. The molecule has 3 N–H and O–H groups in total. The Balaban J connectivity index is 2.66. The van der Waals surface area contributed by atoms with Crippen molar-refractivity contribution in [1.29, 1.82) is 0 Å². The first-order valence-corrected chi connectivity index (χ1v) is 5.33. The normalized spacial score (nSPS) is 11.8. The third-order valence-electron chi connectivity index (χ3n) is 1.90. The number of allylic oxidation sites excluding steroid dienone is 1. The highest BCUT2D eigenvalue weighted by Gasteiger charge is 1.89. The van der Waals surface area contributed by atoms with E-state index in [0.717, 1.165) is 11.3 Å². The number of benzene rings is 1. The summed E-state index contributed by atoms with van der Waals surface area (Å²) in [5, 5.41) is 4.14. The van der Waals surface area contributed by atoms with Crippen LogP contribution in [0, 0.1) is 6.92 Å². The second kappa shape index (κ2) is 6.02. The Hall–Kier alpha value is -1.68. The molecule has 0 aliphatic heterocycles. The second-order valence-electron chi connectivity index (χ2n) is 3.48. The van der Waals surface area contributed by atoms with Crippen LogP contribution in [0.3, 0.4) is 0 Å². The fourth-order valence-electron chi connectivity index (χ4n) is 1.17. The fraction of sp³-hybridized carbons (Fsp3) is 0.167. The SMILES string of the molecule is CC(C=Cc1cccc(C)c1)=NNC(N)=S. The van der Waals surface area contributed by atoms with Crippen molar-refractivity contribution in [2.75, 3.05) is 0 Å². The van der Waals surface area contributed by atoms with Crippen molar-refractivity contribution in [2.45, 2.75) is 13.8 Å². The number of nitrogens with zero attached hydrogens (tertiary/aromatic N) is 1. The lowest BCUT2D eigenvalue weighted by molar-refractivity contribution is 1.03. The lowest BCUT2D eigenvalue weighted by Gasteiger charge is -1.97. The summed E-state index contributed by atoms with van der Waals surface area (Å²) in [6.07, 6.45) is 3.90. The van der Waals surface area contributed by atoms with E-state index in [9.17, 15) is 0 Å². The number of aryl methyl sites for hydroxylation is 1. The number of hydrazone groups is 1. The molecule has 0 saturated heterocycles. The molecule has 1 rings (SSSR count). The van der Waals surface area contributed by atoms with Crippen molar-refractivity contribution in [3.05, 3.63) is 41.5 Å². The molecule has 0 saturated carbocycles. The van der Waals surface area contributed by atoms with E-state index in [1.165, 1.54) is 5.56 Å². The van der Waals surface area contributed by atoms with Gasteiger partial charge in [-0.05, 0) is 37.7 Å². The molecule has 3 nitrogen and oxygen atoms in total. The highest BCUT2D eigenvalue weighted by Crippen LogP contribution is 2.05. The number of nitrogens with two attached hydrogens (primary N) is 1. The molecule has 0 unspecified atom stereocenters. The smallest absolute Gasteiger partial charge is 0.184 e. The summed E-state index contributed by atoms with van der Waals surface area (Å²) in [6, 6.07) is 8.23. The molecule has 0 aliphatic rings. The summed E-state index contributed by atoms with van der Waals surface area (Å²) >= 11 is 4.64. The van der Waals surface area contributed by atoms with Gasteiger partial charge < -0.3 is 5.73 Å². The van der Waals surface area contributed by atoms with Gasteiger partial charge in [-0.2, -0.15) is 5.10 Å². The van der Waals surface area contributed by atoms with E-state index in [-0.39, 0.29) is 5.11 Å². The highest BCUT2D eigenvalue weighted by molar-refractivity contribution is 7.80. The van der Waals surface area contributed by atoms with Gasteiger partial charge in [0.1, 0.15) is 0 Å². The van der Waals surface area contributed by atoms with Crippen LogP contribution < -0.4 is 11.2 Å². The van der Waals surface area contributed by atoms with E-state index in [0.29, 0.717) is 0 Å². The van der Waals surface area contributed by atoms with Crippen molar-refractivity contribution < 1.29 is 0 Å². The molecule has 0 aliphatic carbocycles. The Bertz CT molecular complexity index is 436. The van der Waals surface area contributed by atoms with Crippen molar-refractivity contribution in [3.63, 3.8) is 0 Å². The van der Waals surface area contributed by atoms with Crippen molar-refractivity contribution in [3.8, 4) is 0 Å². The minimum Gasteiger partial charge on any atom is -0.375 e. The van der Waals surface area contributed by atoms with Gasteiger partial charge in [0.15, 0.2) is 5.11 Å². The van der Waals surface area contributed by atoms with E-state index < -0.39 is 0 Å².